The van der Waals surface area contributed by atoms with Crippen LogP contribution in [0, 0.1) is 0 Å². The van der Waals surface area contributed by atoms with Crippen molar-refractivity contribution >= 4 is 6.29 Å². The minimum atomic E-state index is 0.653. The lowest BCUT2D eigenvalue weighted by atomic mass is 10.2. The van der Waals surface area contributed by atoms with Gasteiger partial charge in [0.05, 0.1) is 6.61 Å². The Balaban J connectivity index is 0.000000202. The smallest absolute Gasteiger partial charge is 0.150 e. The van der Waals surface area contributed by atoms with Crippen molar-refractivity contribution < 1.29 is 9.53 Å². The van der Waals surface area contributed by atoms with E-state index in [0.29, 0.717) is 12.2 Å². The van der Waals surface area contributed by atoms with E-state index in [0.717, 1.165) is 12.0 Å². The van der Waals surface area contributed by atoms with Gasteiger partial charge < -0.3 is 4.74 Å². The van der Waals surface area contributed by atoms with E-state index in [-0.39, 0.29) is 0 Å². The number of carbonyl (C=O) groups is 1. The lowest BCUT2D eigenvalue weighted by Crippen LogP contribution is -1.90. The molecule has 0 amide bonds. The van der Waals surface area contributed by atoms with Crippen LogP contribution in [-0.4, -0.2) is 12.9 Å². The highest BCUT2D eigenvalue weighted by Crippen LogP contribution is 2.10. The Labute approximate surface area is 102 Å². The number of rotatable bonds is 3. The van der Waals surface area contributed by atoms with Crippen molar-refractivity contribution in [1.82, 2.24) is 0 Å². The first-order valence-corrected chi connectivity index (χ1v) is 5.55. The van der Waals surface area contributed by atoms with Crippen molar-refractivity contribution in [2.24, 2.45) is 0 Å². The number of benzene rings is 2. The molecule has 2 heteroatoms. The van der Waals surface area contributed by atoms with Crippen LogP contribution in [0.4, 0.5) is 0 Å². The van der Waals surface area contributed by atoms with E-state index in [4.69, 9.17) is 4.74 Å². The molecule has 0 aliphatic heterocycles. The number of ether oxygens (including phenoxy) is 1. The van der Waals surface area contributed by atoms with Crippen LogP contribution in [0.15, 0.2) is 60.7 Å². The second kappa shape index (κ2) is 8.11. The summed E-state index contributed by atoms with van der Waals surface area (Å²) in [7, 11) is 0. The Morgan fingerprint density at radius 1 is 0.941 bits per heavy atom. The third-order valence-electron chi connectivity index (χ3n) is 1.99. The molecule has 0 bridgehead atoms. The highest BCUT2D eigenvalue weighted by Gasteiger charge is 1.91. The maximum absolute atomic E-state index is 10.2. The molecule has 0 saturated carbocycles. The molecule has 0 atom stereocenters. The van der Waals surface area contributed by atoms with Crippen molar-refractivity contribution in [3.63, 3.8) is 0 Å². The lowest BCUT2D eigenvalue weighted by Gasteiger charge is -2.00. The largest absolute Gasteiger partial charge is 0.494 e. The van der Waals surface area contributed by atoms with Crippen LogP contribution >= 0.6 is 0 Å². The normalized spacial score (nSPS) is 8.76. The molecule has 0 radical (unpaired) electrons. The topological polar surface area (TPSA) is 26.3 Å². The van der Waals surface area contributed by atoms with Gasteiger partial charge >= 0.3 is 0 Å². The quantitative estimate of drug-likeness (QED) is 0.750. The van der Waals surface area contributed by atoms with Crippen molar-refractivity contribution in [1.29, 1.82) is 0 Å². The Kier molecular flexibility index (Phi) is 6.19. The predicted molar refractivity (Wildman–Crippen MR) is 69.4 cm³/mol. The summed E-state index contributed by atoms with van der Waals surface area (Å²) in [6.07, 6.45) is 0.815. The molecule has 0 saturated heterocycles. The van der Waals surface area contributed by atoms with Gasteiger partial charge in [-0.3, -0.25) is 4.79 Å². The first-order chi connectivity index (χ1) is 8.36. The van der Waals surface area contributed by atoms with E-state index in [1.165, 1.54) is 0 Å². The van der Waals surface area contributed by atoms with Gasteiger partial charge in [0, 0.05) is 5.56 Å². The molecule has 2 aromatic rings. The Hall–Kier alpha value is -2.09. The molecule has 2 rings (SSSR count). The number of aldehydes is 1. The fourth-order valence-electron chi connectivity index (χ4n) is 1.19. The summed E-state index contributed by atoms with van der Waals surface area (Å²) in [4.78, 5) is 10.2. The lowest BCUT2D eigenvalue weighted by molar-refractivity contribution is 0.112. The number of carbonyl (C=O) groups excluding carboxylic acids is 1. The highest BCUT2D eigenvalue weighted by molar-refractivity contribution is 5.74. The minimum absolute atomic E-state index is 0.653. The van der Waals surface area contributed by atoms with Gasteiger partial charge in [0.25, 0.3) is 0 Å². The van der Waals surface area contributed by atoms with Crippen LogP contribution in [0.3, 0.4) is 0 Å². The van der Waals surface area contributed by atoms with Crippen LogP contribution in [-0.2, 0) is 0 Å². The standard InChI is InChI=1S/C9H10O2.C6H6/c1-2-11-9-5-3-8(7-10)4-6-9;1-2-4-6-5-3-1/h3-7H,2H2,1H3;1-6H. The van der Waals surface area contributed by atoms with Gasteiger partial charge in [-0.05, 0) is 31.2 Å². The van der Waals surface area contributed by atoms with Gasteiger partial charge in [-0.2, -0.15) is 0 Å². The molecular weight excluding hydrogens is 212 g/mol. The Morgan fingerprint density at radius 3 is 1.76 bits per heavy atom. The zero-order valence-corrected chi connectivity index (χ0v) is 9.87. The number of hydrogen-bond donors (Lipinski definition) is 0. The monoisotopic (exact) mass is 228 g/mol. The van der Waals surface area contributed by atoms with Gasteiger partial charge in [0.15, 0.2) is 0 Å². The van der Waals surface area contributed by atoms with E-state index >= 15 is 0 Å². The van der Waals surface area contributed by atoms with Crippen LogP contribution in [0.2, 0.25) is 0 Å². The third-order valence-corrected chi connectivity index (χ3v) is 1.99. The van der Waals surface area contributed by atoms with E-state index in [2.05, 4.69) is 0 Å². The molecule has 0 fully saturated rings. The first kappa shape index (κ1) is 13.0. The molecule has 0 spiro atoms. The summed E-state index contributed by atoms with van der Waals surface area (Å²) in [6, 6.07) is 19.0. The molecule has 88 valence electrons. The maximum Gasteiger partial charge on any atom is 0.150 e. The van der Waals surface area contributed by atoms with Crippen LogP contribution in [0.25, 0.3) is 0 Å². The summed E-state index contributed by atoms with van der Waals surface area (Å²) in [5, 5.41) is 0. The van der Waals surface area contributed by atoms with E-state index in [1.807, 2.05) is 43.3 Å². The minimum Gasteiger partial charge on any atom is -0.494 e. The molecule has 17 heavy (non-hydrogen) atoms. The van der Waals surface area contributed by atoms with Crippen LogP contribution in [0.5, 0.6) is 5.75 Å². The first-order valence-electron chi connectivity index (χ1n) is 5.55. The summed E-state index contributed by atoms with van der Waals surface area (Å²) in [6.45, 7) is 2.58. The van der Waals surface area contributed by atoms with Crippen molar-refractivity contribution in [2.45, 2.75) is 6.92 Å². The van der Waals surface area contributed by atoms with Gasteiger partial charge in [-0.15, -0.1) is 0 Å². The molecule has 0 aliphatic rings. The summed E-state index contributed by atoms with van der Waals surface area (Å²) in [5.41, 5.74) is 0.674. The Morgan fingerprint density at radius 2 is 1.41 bits per heavy atom. The van der Waals surface area contributed by atoms with Gasteiger partial charge in [-0.25, -0.2) is 0 Å². The molecule has 2 aromatic carbocycles. The average molecular weight is 228 g/mol. The van der Waals surface area contributed by atoms with Gasteiger partial charge in [0.1, 0.15) is 12.0 Å². The molecule has 2 nitrogen and oxygen atoms in total. The van der Waals surface area contributed by atoms with E-state index in [1.54, 1.807) is 24.3 Å². The fraction of sp³-hybridized carbons (Fsp3) is 0.133. The average Bonchev–Trinajstić information content (AvgIpc) is 2.43. The maximum atomic E-state index is 10.2. The highest BCUT2D eigenvalue weighted by atomic mass is 16.5. The molecule has 0 aromatic heterocycles. The molecule has 0 N–H and O–H groups in total. The predicted octanol–water partition coefficient (Wildman–Crippen LogP) is 3.58. The second-order valence-corrected chi connectivity index (χ2v) is 3.27. The summed E-state index contributed by atoms with van der Waals surface area (Å²) < 4.78 is 5.19. The Bertz CT molecular complexity index is 380. The molecular formula is C15H16O2. The number of hydrogen-bond acceptors (Lipinski definition) is 2. The zero-order chi connectivity index (χ0) is 12.3. The zero-order valence-electron chi connectivity index (χ0n) is 9.87. The molecule has 0 aliphatic carbocycles. The van der Waals surface area contributed by atoms with E-state index in [9.17, 15) is 4.79 Å². The van der Waals surface area contributed by atoms with Crippen molar-refractivity contribution in [3.05, 3.63) is 66.2 Å². The van der Waals surface area contributed by atoms with Crippen LogP contribution < -0.4 is 4.74 Å². The molecule has 0 heterocycles. The van der Waals surface area contributed by atoms with Crippen LogP contribution in [0.1, 0.15) is 17.3 Å². The van der Waals surface area contributed by atoms with Crippen molar-refractivity contribution in [3.8, 4) is 5.75 Å². The summed E-state index contributed by atoms with van der Waals surface area (Å²) in [5.74, 6) is 0.804. The third kappa shape index (κ3) is 5.52. The van der Waals surface area contributed by atoms with E-state index < -0.39 is 0 Å². The SMILES string of the molecule is CCOc1ccc(C=O)cc1.c1ccccc1. The fourth-order valence-corrected chi connectivity index (χ4v) is 1.19. The molecule has 0 unspecified atom stereocenters. The summed E-state index contributed by atoms with van der Waals surface area (Å²) >= 11 is 0. The van der Waals surface area contributed by atoms with Gasteiger partial charge in [0.2, 0.25) is 0 Å². The van der Waals surface area contributed by atoms with Gasteiger partial charge in [-0.1, -0.05) is 36.4 Å². The second-order valence-electron chi connectivity index (χ2n) is 3.27. The van der Waals surface area contributed by atoms with Crippen molar-refractivity contribution in [2.75, 3.05) is 6.61 Å².